The summed E-state index contributed by atoms with van der Waals surface area (Å²) in [6.45, 7) is 0.380. The number of carbonyl (C=O) groups excluding carboxylic acids is 1. The summed E-state index contributed by atoms with van der Waals surface area (Å²) in [6.07, 6.45) is 3.05. The number of hydrogen-bond acceptors (Lipinski definition) is 4. The Kier molecular flexibility index (Phi) is 3.82. The quantitative estimate of drug-likeness (QED) is 0.804. The SMILES string of the molecule is Cn1ccnc1S(=O)(=O)C1CN(C(=O)c2ccccc2Br)C1. The monoisotopic (exact) mass is 383 g/mol. The molecule has 2 heterocycles. The number of likely N-dealkylation sites (tertiary alicyclic amines) is 1. The summed E-state index contributed by atoms with van der Waals surface area (Å²) in [7, 11) is -1.86. The maximum Gasteiger partial charge on any atom is 0.255 e. The van der Waals surface area contributed by atoms with E-state index in [0.717, 1.165) is 0 Å². The van der Waals surface area contributed by atoms with Gasteiger partial charge in [-0.2, -0.15) is 0 Å². The third-order valence-electron chi connectivity index (χ3n) is 3.71. The molecular weight excluding hydrogens is 370 g/mol. The summed E-state index contributed by atoms with van der Waals surface area (Å²) in [6, 6.07) is 7.10. The van der Waals surface area contributed by atoms with Crippen molar-refractivity contribution < 1.29 is 13.2 Å². The van der Waals surface area contributed by atoms with Crippen molar-refractivity contribution in [1.29, 1.82) is 0 Å². The molecular formula is C14H14BrN3O3S. The van der Waals surface area contributed by atoms with Gasteiger partial charge in [-0.15, -0.1) is 0 Å². The number of nitrogens with zero attached hydrogens (tertiary/aromatic N) is 3. The molecule has 0 aliphatic carbocycles. The van der Waals surface area contributed by atoms with Gasteiger partial charge in [0.15, 0.2) is 0 Å². The maximum atomic E-state index is 12.4. The van der Waals surface area contributed by atoms with Crippen molar-refractivity contribution in [3.63, 3.8) is 0 Å². The van der Waals surface area contributed by atoms with Gasteiger partial charge >= 0.3 is 0 Å². The van der Waals surface area contributed by atoms with E-state index < -0.39 is 15.1 Å². The fourth-order valence-electron chi connectivity index (χ4n) is 2.38. The van der Waals surface area contributed by atoms with E-state index in [1.807, 2.05) is 6.07 Å². The van der Waals surface area contributed by atoms with Gasteiger partial charge in [-0.1, -0.05) is 12.1 Å². The van der Waals surface area contributed by atoms with Crippen LogP contribution in [0.5, 0.6) is 0 Å². The van der Waals surface area contributed by atoms with Crippen molar-refractivity contribution in [3.8, 4) is 0 Å². The number of amides is 1. The highest BCUT2D eigenvalue weighted by atomic mass is 79.9. The molecule has 2 aromatic rings. The number of benzene rings is 1. The van der Waals surface area contributed by atoms with Crippen LogP contribution in [0.2, 0.25) is 0 Å². The predicted octanol–water partition coefficient (Wildman–Crippen LogP) is 1.48. The number of imidazole rings is 1. The lowest BCUT2D eigenvalue weighted by atomic mass is 10.1. The predicted molar refractivity (Wildman–Crippen MR) is 84.2 cm³/mol. The Labute approximate surface area is 136 Å². The van der Waals surface area contributed by atoms with Crippen molar-refractivity contribution in [3.05, 3.63) is 46.7 Å². The first-order chi connectivity index (χ1) is 10.4. The Bertz CT molecular complexity index is 825. The van der Waals surface area contributed by atoms with Crippen molar-refractivity contribution in [2.24, 2.45) is 7.05 Å². The topological polar surface area (TPSA) is 72.3 Å². The molecule has 1 aliphatic rings. The lowest BCUT2D eigenvalue weighted by molar-refractivity contribution is 0.0657. The van der Waals surface area contributed by atoms with Gasteiger partial charge < -0.3 is 9.47 Å². The summed E-state index contributed by atoms with van der Waals surface area (Å²) >= 11 is 3.34. The molecule has 6 nitrogen and oxygen atoms in total. The standard InChI is InChI=1S/C14H14BrN3O3S/c1-17-7-6-16-14(17)22(20,21)10-8-18(9-10)13(19)11-4-2-3-5-12(11)15/h2-7,10H,8-9H2,1H3. The highest BCUT2D eigenvalue weighted by Gasteiger charge is 2.42. The second kappa shape index (κ2) is 5.51. The molecule has 1 aromatic carbocycles. The maximum absolute atomic E-state index is 12.4. The van der Waals surface area contributed by atoms with Crippen LogP contribution in [0.25, 0.3) is 0 Å². The molecule has 1 aromatic heterocycles. The minimum Gasteiger partial charge on any atom is -0.336 e. The average molecular weight is 384 g/mol. The van der Waals surface area contributed by atoms with Crippen molar-refractivity contribution in [2.45, 2.75) is 10.4 Å². The molecule has 0 radical (unpaired) electrons. The highest BCUT2D eigenvalue weighted by Crippen LogP contribution is 2.26. The van der Waals surface area contributed by atoms with E-state index >= 15 is 0 Å². The summed E-state index contributed by atoms with van der Waals surface area (Å²) in [5.74, 6) is -0.168. The van der Waals surface area contributed by atoms with E-state index in [4.69, 9.17) is 0 Å². The number of aryl methyl sites for hydroxylation is 1. The Morgan fingerprint density at radius 2 is 2.00 bits per heavy atom. The molecule has 1 amide bonds. The summed E-state index contributed by atoms with van der Waals surface area (Å²) < 4.78 is 27.1. The number of aromatic nitrogens is 2. The van der Waals surface area contributed by atoms with Crippen molar-refractivity contribution >= 4 is 31.7 Å². The van der Waals surface area contributed by atoms with Crippen LogP contribution in [-0.4, -0.2) is 47.1 Å². The summed E-state index contributed by atoms with van der Waals surface area (Å²) in [4.78, 5) is 17.8. The van der Waals surface area contributed by atoms with Gasteiger partial charge in [0.1, 0.15) is 5.25 Å². The van der Waals surface area contributed by atoms with Crippen LogP contribution in [0.3, 0.4) is 0 Å². The number of hydrogen-bond donors (Lipinski definition) is 0. The van der Waals surface area contributed by atoms with E-state index in [1.165, 1.54) is 15.7 Å². The number of carbonyl (C=O) groups is 1. The number of rotatable bonds is 3. The van der Waals surface area contributed by atoms with Gasteiger partial charge in [0.2, 0.25) is 15.0 Å². The fraction of sp³-hybridized carbons (Fsp3) is 0.286. The average Bonchev–Trinajstić information content (AvgIpc) is 2.84. The van der Waals surface area contributed by atoms with Gasteiger partial charge in [-0.3, -0.25) is 4.79 Å². The molecule has 0 atom stereocenters. The first-order valence-electron chi connectivity index (χ1n) is 6.66. The van der Waals surface area contributed by atoms with Crippen molar-refractivity contribution in [2.75, 3.05) is 13.1 Å². The highest BCUT2D eigenvalue weighted by molar-refractivity contribution is 9.10. The first-order valence-corrected chi connectivity index (χ1v) is 9.00. The molecule has 0 saturated carbocycles. The molecule has 0 unspecified atom stereocenters. The van der Waals surface area contributed by atoms with Crippen LogP contribution in [-0.2, 0) is 16.9 Å². The van der Waals surface area contributed by atoms with E-state index in [0.29, 0.717) is 10.0 Å². The van der Waals surface area contributed by atoms with E-state index in [2.05, 4.69) is 20.9 Å². The van der Waals surface area contributed by atoms with Crippen LogP contribution in [0.1, 0.15) is 10.4 Å². The molecule has 116 valence electrons. The molecule has 0 spiro atoms. The molecule has 1 saturated heterocycles. The lowest BCUT2D eigenvalue weighted by Crippen LogP contribution is -2.57. The molecule has 22 heavy (non-hydrogen) atoms. The van der Waals surface area contributed by atoms with Gasteiger partial charge in [0.05, 0.1) is 5.56 Å². The van der Waals surface area contributed by atoms with Crippen LogP contribution in [0.4, 0.5) is 0 Å². The van der Waals surface area contributed by atoms with E-state index in [9.17, 15) is 13.2 Å². The number of sulfone groups is 1. The molecule has 8 heteroatoms. The zero-order chi connectivity index (χ0) is 15.9. The van der Waals surface area contributed by atoms with Crippen LogP contribution >= 0.6 is 15.9 Å². The Hall–Kier alpha value is -1.67. The third-order valence-corrected chi connectivity index (χ3v) is 6.48. The van der Waals surface area contributed by atoms with Gasteiger partial charge in [-0.25, -0.2) is 13.4 Å². The molecule has 3 rings (SSSR count). The van der Waals surface area contributed by atoms with Gasteiger partial charge in [-0.05, 0) is 28.1 Å². The summed E-state index contributed by atoms with van der Waals surface area (Å²) in [5.41, 5.74) is 0.537. The summed E-state index contributed by atoms with van der Waals surface area (Å²) in [5, 5.41) is -0.550. The number of halogens is 1. The van der Waals surface area contributed by atoms with E-state index in [-0.39, 0.29) is 24.2 Å². The van der Waals surface area contributed by atoms with Crippen LogP contribution < -0.4 is 0 Å². The van der Waals surface area contributed by atoms with E-state index in [1.54, 1.807) is 31.4 Å². The largest absolute Gasteiger partial charge is 0.336 e. The van der Waals surface area contributed by atoms with Crippen LogP contribution in [0, 0.1) is 0 Å². The smallest absolute Gasteiger partial charge is 0.255 e. The molecule has 0 N–H and O–H groups in total. The normalized spacial score (nSPS) is 15.6. The third kappa shape index (κ3) is 2.46. The second-order valence-corrected chi connectivity index (χ2v) is 8.15. The zero-order valence-corrected chi connectivity index (χ0v) is 14.2. The first kappa shape index (κ1) is 15.2. The van der Waals surface area contributed by atoms with Crippen molar-refractivity contribution in [1.82, 2.24) is 14.5 Å². The van der Waals surface area contributed by atoms with Gasteiger partial charge in [0, 0.05) is 37.0 Å². The Morgan fingerprint density at radius 1 is 1.32 bits per heavy atom. The Morgan fingerprint density at radius 3 is 2.59 bits per heavy atom. The zero-order valence-electron chi connectivity index (χ0n) is 11.8. The molecule has 1 aliphatic heterocycles. The minimum atomic E-state index is -3.50. The minimum absolute atomic E-state index is 0.0468. The second-order valence-electron chi connectivity index (χ2n) is 5.18. The molecule has 0 bridgehead atoms. The van der Waals surface area contributed by atoms with Crippen LogP contribution in [0.15, 0.2) is 46.3 Å². The Balaban J connectivity index is 1.74. The fourth-order valence-corrected chi connectivity index (χ4v) is 4.56. The lowest BCUT2D eigenvalue weighted by Gasteiger charge is -2.38. The van der Waals surface area contributed by atoms with Gasteiger partial charge in [0.25, 0.3) is 5.91 Å². The molecule has 1 fully saturated rings.